The Morgan fingerprint density at radius 2 is 2.28 bits per heavy atom. The SMILES string of the molecule is CCN(Cc1cccs1)C(=O)C(C)(C)C(N)=NO. The van der Waals surface area contributed by atoms with Crippen LogP contribution >= 0.6 is 11.3 Å². The summed E-state index contributed by atoms with van der Waals surface area (Å²) in [6, 6.07) is 3.93. The summed E-state index contributed by atoms with van der Waals surface area (Å²) in [5.74, 6) is -0.217. The van der Waals surface area contributed by atoms with E-state index in [9.17, 15) is 4.79 Å². The second-order valence-electron chi connectivity index (χ2n) is 4.51. The molecule has 1 amide bonds. The fourth-order valence-electron chi connectivity index (χ4n) is 1.55. The molecular formula is C12H19N3O2S. The quantitative estimate of drug-likeness (QED) is 0.371. The number of nitrogens with zero attached hydrogens (tertiary/aromatic N) is 2. The first-order valence-electron chi connectivity index (χ1n) is 5.73. The van der Waals surface area contributed by atoms with E-state index in [0.717, 1.165) is 4.88 Å². The highest BCUT2D eigenvalue weighted by Gasteiger charge is 2.36. The molecule has 0 aliphatic carbocycles. The van der Waals surface area contributed by atoms with Crippen LogP contribution in [0.2, 0.25) is 0 Å². The molecule has 5 nitrogen and oxygen atoms in total. The van der Waals surface area contributed by atoms with E-state index in [1.165, 1.54) is 0 Å². The Bertz CT molecular complexity index is 427. The van der Waals surface area contributed by atoms with E-state index in [4.69, 9.17) is 10.9 Å². The molecule has 1 heterocycles. The van der Waals surface area contributed by atoms with E-state index in [1.807, 2.05) is 24.4 Å². The molecule has 0 saturated heterocycles. The van der Waals surface area contributed by atoms with E-state index in [2.05, 4.69) is 5.16 Å². The molecule has 0 radical (unpaired) electrons. The lowest BCUT2D eigenvalue weighted by molar-refractivity contribution is -0.137. The number of oxime groups is 1. The van der Waals surface area contributed by atoms with Crippen molar-refractivity contribution in [2.24, 2.45) is 16.3 Å². The maximum Gasteiger partial charge on any atom is 0.236 e. The third kappa shape index (κ3) is 3.01. The lowest BCUT2D eigenvalue weighted by Crippen LogP contribution is -2.47. The zero-order valence-corrected chi connectivity index (χ0v) is 11.7. The molecule has 0 saturated carbocycles. The predicted octanol–water partition coefficient (Wildman–Crippen LogP) is 1.87. The van der Waals surface area contributed by atoms with Gasteiger partial charge < -0.3 is 15.8 Å². The molecule has 0 spiro atoms. The number of thiophene rings is 1. The van der Waals surface area contributed by atoms with E-state index >= 15 is 0 Å². The molecule has 1 rings (SSSR count). The van der Waals surface area contributed by atoms with Crippen LogP contribution in [-0.4, -0.2) is 28.4 Å². The second kappa shape index (κ2) is 5.86. The van der Waals surface area contributed by atoms with Crippen molar-refractivity contribution in [3.8, 4) is 0 Å². The number of carbonyl (C=O) groups excluding carboxylic acids is 1. The highest BCUT2D eigenvalue weighted by molar-refractivity contribution is 7.09. The molecule has 0 aliphatic heterocycles. The lowest BCUT2D eigenvalue weighted by Gasteiger charge is -2.30. The second-order valence-corrected chi connectivity index (χ2v) is 5.54. The van der Waals surface area contributed by atoms with E-state index in [-0.39, 0.29) is 11.7 Å². The number of rotatable bonds is 5. The number of nitrogens with two attached hydrogens (primary N) is 1. The van der Waals surface area contributed by atoms with Gasteiger partial charge in [0.2, 0.25) is 5.91 Å². The molecule has 1 aromatic rings. The molecule has 18 heavy (non-hydrogen) atoms. The summed E-state index contributed by atoms with van der Waals surface area (Å²) in [4.78, 5) is 15.2. The van der Waals surface area contributed by atoms with Crippen molar-refractivity contribution in [2.45, 2.75) is 27.3 Å². The Morgan fingerprint density at radius 1 is 1.61 bits per heavy atom. The number of carbonyl (C=O) groups is 1. The van der Waals surface area contributed by atoms with E-state index in [0.29, 0.717) is 13.1 Å². The van der Waals surface area contributed by atoms with Gasteiger partial charge in [-0.1, -0.05) is 11.2 Å². The zero-order chi connectivity index (χ0) is 13.8. The molecule has 0 aromatic carbocycles. The Balaban J connectivity index is 2.86. The molecule has 0 unspecified atom stereocenters. The molecule has 0 atom stereocenters. The van der Waals surface area contributed by atoms with Crippen molar-refractivity contribution in [1.82, 2.24) is 4.90 Å². The van der Waals surface area contributed by atoms with Gasteiger partial charge in [0.15, 0.2) is 5.84 Å². The maximum atomic E-state index is 12.4. The summed E-state index contributed by atoms with van der Waals surface area (Å²) in [5, 5.41) is 13.6. The number of amides is 1. The van der Waals surface area contributed by atoms with Crippen molar-refractivity contribution >= 4 is 23.1 Å². The van der Waals surface area contributed by atoms with Gasteiger partial charge in [0.05, 0.1) is 6.54 Å². The molecule has 0 bridgehead atoms. The fourth-order valence-corrected chi connectivity index (χ4v) is 2.27. The van der Waals surface area contributed by atoms with Crippen LogP contribution in [0.5, 0.6) is 0 Å². The minimum absolute atomic E-state index is 0.0721. The average Bonchev–Trinajstić information content (AvgIpc) is 2.86. The average molecular weight is 269 g/mol. The van der Waals surface area contributed by atoms with Gasteiger partial charge in [-0.25, -0.2) is 0 Å². The number of amidine groups is 1. The van der Waals surface area contributed by atoms with Crippen molar-refractivity contribution in [2.75, 3.05) is 6.54 Å². The third-order valence-electron chi connectivity index (χ3n) is 2.88. The van der Waals surface area contributed by atoms with Gasteiger partial charge in [0.25, 0.3) is 0 Å². The molecule has 100 valence electrons. The summed E-state index contributed by atoms with van der Waals surface area (Å²) in [5.41, 5.74) is 4.57. The first-order chi connectivity index (χ1) is 8.43. The molecular weight excluding hydrogens is 250 g/mol. The van der Waals surface area contributed by atoms with Gasteiger partial charge in [-0.3, -0.25) is 4.79 Å². The standard InChI is InChI=1S/C12H19N3O2S/c1-4-15(8-9-6-5-7-18-9)11(16)12(2,3)10(13)14-17/h5-7,17H,4,8H2,1-3H3,(H2,13,14). The summed E-state index contributed by atoms with van der Waals surface area (Å²) in [6.07, 6.45) is 0. The van der Waals surface area contributed by atoms with Crippen LogP contribution in [0.4, 0.5) is 0 Å². The smallest absolute Gasteiger partial charge is 0.236 e. The normalized spacial score (nSPS) is 12.5. The van der Waals surface area contributed by atoms with Crippen molar-refractivity contribution in [3.05, 3.63) is 22.4 Å². The number of hydrogen-bond donors (Lipinski definition) is 2. The molecule has 3 N–H and O–H groups in total. The predicted molar refractivity (Wildman–Crippen MR) is 72.6 cm³/mol. The van der Waals surface area contributed by atoms with Crippen LogP contribution in [0.3, 0.4) is 0 Å². The Morgan fingerprint density at radius 3 is 2.72 bits per heavy atom. The molecule has 0 aliphatic rings. The zero-order valence-electron chi connectivity index (χ0n) is 10.9. The van der Waals surface area contributed by atoms with Crippen LogP contribution in [0.25, 0.3) is 0 Å². The first kappa shape index (κ1) is 14.5. The fraction of sp³-hybridized carbons (Fsp3) is 0.500. The molecule has 6 heteroatoms. The van der Waals surface area contributed by atoms with Crippen molar-refractivity contribution in [3.63, 3.8) is 0 Å². The minimum Gasteiger partial charge on any atom is -0.409 e. The Hall–Kier alpha value is -1.56. The highest BCUT2D eigenvalue weighted by Crippen LogP contribution is 2.21. The highest BCUT2D eigenvalue weighted by atomic mass is 32.1. The largest absolute Gasteiger partial charge is 0.409 e. The summed E-state index contributed by atoms with van der Waals surface area (Å²) in [6.45, 7) is 6.35. The van der Waals surface area contributed by atoms with Gasteiger partial charge in [0.1, 0.15) is 5.41 Å². The molecule has 0 fully saturated rings. The molecule has 1 aromatic heterocycles. The van der Waals surface area contributed by atoms with Gasteiger partial charge in [0, 0.05) is 11.4 Å². The van der Waals surface area contributed by atoms with Crippen LogP contribution in [-0.2, 0) is 11.3 Å². The van der Waals surface area contributed by atoms with Gasteiger partial charge in [-0.05, 0) is 32.2 Å². The van der Waals surface area contributed by atoms with Crippen LogP contribution in [0, 0.1) is 5.41 Å². The first-order valence-corrected chi connectivity index (χ1v) is 6.61. The summed E-state index contributed by atoms with van der Waals surface area (Å²) < 4.78 is 0. The minimum atomic E-state index is -0.998. The summed E-state index contributed by atoms with van der Waals surface area (Å²) in [7, 11) is 0. The van der Waals surface area contributed by atoms with Gasteiger partial charge in [-0.2, -0.15) is 0 Å². The van der Waals surface area contributed by atoms with Crippen molar-refractivity contribution < 1.29 is 10.0 Å². The lowest BCUT2D eigenvalue weighted by atomic mass is 9.90. The topological polar surface area (TPSA) is 78.9 Å². The Kier molecular flexibility index (Phi) is 4.72. The monoisotopic (exact) mass is 269 g/mol. The van der Waals surface area contributed by atoms with Crippen LogP contribution < -0.4 is 5.73 Å². The van der Waals surface area contributed by atoms with Crippen LogP contribution in [0.1, 0.15) is 25.6 Å². The maximum absolute atomic E-state index is 12.4. The Labute approximate surface area is 111 Å². The van der Waals surface area contributed by atoms with Crippen molar-refractivity contribution in [1.29, 1.82) is 0 Å². The summed E-state index contributed by atoms with van der Waals surface area (Å²) >= 11 is 1.60. The van der Waals surface area contributed by atoms with Crippen LogP contribution in [0.15, 0.2) is 22.7 Å². The third-order valence-corrected chi connectivity index (χ3v) is 3.74. The number of hydrogen-bond acceptors (Lipinski definition) is 4. The van der Waals surface area contributed by atoms with E-state index in [1.54, 1.807) is 30.1 Å². The van der Waals surface area contributed by atoms with Gasteiger partial charge in [-0.15, -0.1) is 11.3 Å². The van der Waals surface area contributed by atoms with E-state index < -0.39 is 5.41 Å². The van der Waals surface area contributed by atoms with Gasteiger partial charge >= 0.3 is 0 Å².